The number of halogens is 4. The summed E-state index contributed by atoms with van der Waals surface area (Å²) >= 11 is 6.55. The van der Waals surface area contributed by atoms with Crippen molar-refractivity contribution in [1.82, 2.24) is 0 Å². The van der Waals surface area contributed by atoms with Gasteiger partial charge in [0.1, 0.15) is 11.6 Å². The molecule has 0 amide bonds. The largest absolute Gasteiger partial charge is 0.305 e. The number of benzene rings is 3. The summed E-state index contributed by atoms with van der Waals surface area (Å²) in [6.07, 6.45) is 3.24. The van der Waals surface area contributed by atoms with Gasteiger partial charge in [-0.1, -0.05) is 57.3 Å². The van der Waals surface area contributed by atoms with Gasteiger partial charge in [0, 0.05) is 14.6 Å². The molecule has 0 bridgehead atoms. The van der Waals surface area contributed by atoms with Crippen LogP contribution in [-0.4, -0.2) is 0 Å². The van der Waals surface area contributed by atoms with Crippen LogP contribution < -0.4 is 4.90 Å². The van der Waals surface area contributed by atoms with E-state index in [1.165, 1.54) is 17.7 Å². The van der Waals surface area contributed by atoms with E-state index in [1.807, 2.05) is 24.3 Å². The minimum Gasteiger partial charge on any atom is -0.305 e. The van der Waals surface area contributed by atoms with Crippen LogP contribution in [0, 0.1) is 11.6 Å². The first-order chi connectivity index (χ1) is 13.0. The molecule has 0 saturated carbocycles. The lowest BCUT2D eigenvalue weighted by Gasteiger charge is -2.26. The first-order valence-electron chi connectivity index (χ1n) is 8.78. The van der Waals surface area contributed by atoms with E-state index in [1.54, 1.807) is 29.2 Å². The normalized spacial score (nSPS) is 10.9. The summed E-state index contributed by atoms with van der Waals surface area (Å²) in [5.74, 6) is -0.858. The number of hydrogen-bond donors (Lipinski definition) is 0. The minimum atomic E-state index is -0.429. The maximum Gasteiger partial charge on any atom is 0.148 e. The highest BCUT2D eigenvalue weighted by molar-refractivity contribution is 9.10. The standard InChI is InChI=1S/C22H19Br2F2N/c1-2-3-4-15-5-9-18(10-6-15)27(21-11-7-16(23)13-19(21)25)22-12-8-17(24)14-20(22)26/h5-14H,2-4H2,1H3. The number of anilines is 3. The fourth-order valence-corrected chi connectivity index (χ4v) is 3.59. The highest BCUT2D eigenvalue weighted by Gasteiger charge is 2.20. The Kier molecular flexibility index (Phi) is 6.66. The summed E-state index contributed by atoms with van der Waals surface area (Å²) in [4.78, 5) is 1.60. The third kappa shape index (κ3) is 4.77. The molecule has 0 unspecified atom stereocenters. The number of rotatable bonds is 6. The molecule has 0 radical (unpaired) electrons. The van der Waals surface area contributed by atoms with Crippen LogP contribution in [0.1, 0.15) is 25.3 Å². The molecule has 5 heteroatoms. The van der Waals surface area contributed by atoms with Gasteiger partial charge >= 0.3 is 0 Å². The molecule has 0 fully saturated rings. The second kappa shape index (κ2) is 8.98. The molecule has 0 aliphatic rings. The molecule has 3 aromatic carbocycles. The Morgan fingerprint density at radius 2 is 1.30 bits per heavy atom. The minimum absolute atomic E-state index is 0.292. The first kappa shape index (κ1) is 20.0. The molecule has 0 aliphatic heterocycles. The van der Waals surface area contributed by atoms with Crippen molar-refractivity contribution in [2.75, 3.05) is 4.90 Å². The van der Waals surface area contributed by atoms with E-state index in [2.05, 4.69) is 38.8 Å². The van der Waals surface area contributed by atoms with Crippen molar-refractivity contribution in [2.45, 2.75) is 26.2 Å². The van der Waals surface area contributed by atoms with E-state index in [0.717, 1.165) is 19.3 Å². The monoisotopic (exact) mass is 493 g/mol. The van der Waals surface area contributed by atoms with Crippen LogP contribution in [0.4, 0.5) is 25.8 Å². The second-order valence-electron chi connectivity index (χ2n) is 6.30. The van der Waals surface area contributed by atoms with Crippen LogP contribution in [0.25, 0.3) is 0 Å². The Bertz CT molecular complexity index is 875. The van der Waals surface area contributed by atoms with Crippen molar-refractivity contribution in [3.8, 4) is 0 Å². The smallest absolute Gasteiger partial charge is 0.148 e. The lowest BCUT2D eigenvalue weighted by atomic mass is 10.1. The summed E-state index contributed by atoms with van der Waals surface area (Å²) in [6, 6.07) is 17.4. The lowest BCUT2D eigenvalue weighted by Crippen LogP contribution is -2.13. The lowest BCUT2D eigenvalue weighted by molar-refractivity contribution is 0.618. The van der Waals surface area contributed by atoms with Crippen LogP contribution in [0.2, 0.25) is 0 Å². The fourth-order valence-electron chi connectivity index (χ4n) is 2.93. The Morgan fingerprint density at radius 3 is 1.74 bits per heavy atom. The zero-order valence-electron chi connectivity index (χ0n) is 14.9. The van der Waals surface area contributed by atoms with Crippen molar-refractivity contribution in [1.29, 1.82) is 0 Å². The van der Waals surface area contributed by atoms with E-state index in [0.29, 0.717) is 26.0 Å². The molecule has 0 saturated heterocycles. The van der Waals surface area contributed by atoms with Gasteiger partial charge in [-0.25, -0.2) is 8.78 Å². The summed E-state index contributed by atoms with van der Waals surface area (Å²) in [6.45, 7) is 2.16. The quantitative estimate of drug-likeness (QED) is 0.333. The highest BCUT2D eigenvalue weighted by Crippen LogP contribution is 2.39. The third-order valence-corrected chi connectivity index (χ3v) is 5.30. The van der Waals surface area contributed by atoms with Crippen molar-refractivity contribution >= 4 is 48.9 Å². The number of nitrogens with zero attached hydrogens (tertiary/aromatic N) is 1. The van der Waals surface area contributed by atoms with E-state index in [4.69, 9.17) is 0 Å². The molecule has 1 nitrogen and oxygen atoms in total. The predicted molar refractivity (Wildman–Crippen MR) is 115 cm³/mol. The topological polar surface area (TPSA) is 3.24 Å². The molecule has 0 heterocycles. The molecule has 140 valence electrons. The zero-order chi connectivity index (χ0) is 19.4. The Morgan fingerprint density at radius 1 is 0.778 bits per heavy atom. The molecule has 27 heavy (non-hydrogen) atoms. The Labute approximate surface area is 175 Å². The summed E-state index contributed by atoms with van der Waals surface area (Å²) in [5.41, 5.74) is 2.51. The Hall–Kier alpha value is -1.72. The van der Waals surface area contributed by atoms with Gasteiger partial charge in [-0.15, -0.1) is 0 Å². The van der Waals surface area contributed by atoms with Gasteiger partial charge in [-0.2, -0.15) is 0 Å². The van der Waals surface area contributed by atoms with E-state index in [9.17, 15) is 8.78 Å². The second-order valence-corrected chi connectivity index (χ2v) is 8.13. The summed E-state index contributed by atoms with van der Waals surface area (Å²) in [5, 5.41) is 0. The fraction of sp³-hybridized carbons (Fsp3) is 0.182. The summed E-state index contributed by atoms with van der Waals surface area (Å²) < 4.78 is 30.7. The Balaban J connectivity index is 2.09. The average Bonchev–Trinajstić information content (AvgIpc) is 2.64. The van der Waals surface area contributed by atoms with Crippen LogP contribution >= 0.6 is 31.9 Å². The van der Waals surface area contributed by atoms with Gasteiger partial charge in [0.2, 0.25) is 0 Å². The molecular weight excluding hydrogens is 476 g/mol. The van der Waals surface area contributed by atoms with Crippen molar-refractivity contribution < 1.29 is 8.78 Å². The van der Waals surface area contributed by atoms with E-state index in [-0.39, 0.29) is 0 Å². The van der Waals surface area contributed by atoms with E-state index >= 15 is 0 Å². The third-order valence-electron chi connectivity index (χ3n) is 4.31. The van der Waals surface area contributed by atoms with Crippen LogP contribution in [-0.2, 0) is 6.42 Å². The number of unbranched alkanes of at least 4 members (excludes halogenated alkanes) is 1. The molecule has 0 N–H and O–H groups in total. The SMILES string of the molecule is CCCCc1ccc(N(c2ccc(Br)cc2F)c2ccc(Br)cc2F)cc1. The molecule has 0 aliphatic carbocycles. The van der Waals surface area contributed by atoms with Crippen LogP contribution in [0.3, 0.4) is 0 Å². The maximum absolute atomic E-state index is 14.7. The molecule has 0 spiro atoms. The van der Waals surface area contributed by atoms with Gasteiger partial charge in [-0.05, 0) is 66.9 Å². The van der Waals surface area contributed by atoms with Gasteiger partial charge in [0.25, 0.3) is 0 Å². The predicted octanol–water partition coefficient (Wildman–Crippen LogP) is 8.30. The van der Waals surface area contributed by atoms with Gasteiger partial charge < -0.3 is 4.90 Å². The maximum atomic E-state index is 14.7. The highest BCUT2D eigenvalue weighted by atomic mass is 79.9. The van der Waals surface area contributed by atoms with Gasteiger partial charge in [0.15, 0.2) is 0 Å². The zero-order valence-corrected chi connectivity index (χ0v) is 18.0. The first-order valence-corrected chi connectivity index (χ1v) is 10.4. The van der Waals surface area contributed by atoms with Crippen LogP contribution in [0.5, 0.6) is 0 Å². The molecule has 3 rings (SSSR count). The summed E-state index contributed by atoms with van der Waals surface area (Å²) in [7, 11) is 0. The molecular formula is C22H19Br2F2N. The van der Waals surface area contributed by atoms with E-state index < -0.39 is 11.6 Å². The van der Waals surface area contributed by atoms with Gasteiger partial charge in [-0.3, -0.25) is 0 Å². The van der Waals surface area contributed by atoms with Crippen molar-refractivity contribution in [3.05, 3.63) is 86.8 Å². The molecule has 3 aromatic rings. The molecule has 0 aromatic heterocycles. The molecule has 0 atom stereocenters. The number of aryl methyl sites for hydroxylation is 1. The van der Waals surface area contributed by atoms with Crippen molar-refractivity contribution in [2.24, 2.45) is 0 Å². The van der Waals surface area contributed by atoms with Crippen LogP contribution in [0.15, 0.2) is 69.6 Å². The van der Waals surface area contributed by atoms with Gasteiger partial charge in [0.05, 0.1) is 11.4 Å². The number of hydrogen-bond acceptors (Lipinski definition) is 1. The van der Waals surface area contributed by atoms with Crippen molar-refractivity contribution in [3.63, 3.8) is 0 Å². The average molecular weight is 495 g/mol.